The van der Waals surface area contributed by atoms with Crippen molar-refractivity contribution in [2.75, 3.05) is 31.2 Å². The van der Waals surface area contributed by atoms with Gasteiger partial charge in [0, 0.05) is 40.2 Å². The molecule has 0 saturated carbocycles. The van der Waals surface area contributed by atoms with Crippen LogP contribution in [0.5, 0.6) is 5.75 Å². The fraction of sp³-hybridized carbons (Fsp3) is 0.241. The van der Waals surface area contributed by atoms with Gasteiger partial charge in [-0.1, -0.05) is 47.6 Å². The Labute approximate surface area is 248 Å². The highest BCUT2D eigenvalue weighted by Crippen LogP contribution is 2.41. The number of halogens is 3. The summed E-state index contributed by atoms with van der Waals surface area (Å²) in [4.78, 5) is 10.7. The van der Waals surface area contributed by atoms with Gasteiger partial charge in [-0.25, -0.2) is 18.7 Å². The molecule has 0 unspecified atom stereocenters. The summed E-state index contributed by atoms with van der Waals surface area (Å²) >= 11 is 8.74. The number of hydrogen-bond acceptors (Lipinski definition) is 9. The van der Waals surface area contributed by atoms with Gasteiger partial charge in [0.1, 0.15) is 45.9 Å². The number of aliphatic hydroxyl groups is 1. The van der Waals surface area contributed by atoms with Gasteiger partial charge in [0.2, 0.25) is 0 Å². The van der Waals surface area contributed by atoms with E-state index in [0.29, 0.717) is 32.7 Å². The van der Waals surface area contributed by atoms with Crippen molar-refractivity contribution < 1.29 is 18.6 Å². The lowest BCUT2D eigenvalue weighted by molar-refractivity contribution is 0.0256. The summed E-state index contributed by atoms with van der Waals surface area (Å²) in [6.45, 7) is -0.553. The number of pyridine rings is 1. The predicted octanol–water partition coefficient (Wildman–Crippen LogP) is 6.78. The number of benzene rings is 2. The molecule has 0 radical (unpaired) electrons. The Balaban J connectivity index is 1.53. The minimum Gasteiger partial charge on any atom is -0.491 e. The minimum atomic E-state index is -2.90. The fourth-order valence-corrected chi connectivity index (χ4v) is 6.35. The van der Waals surface area contributed by atoms with E-state index in [1.54, 1.807) is 36.4 Å². The highest BCUT2D eigenvalue weighted by atomic mass is 35.5. The molecular formula is C29H22ClF2N5O2S2. The summed E-state index contributed by atoms with van der Waals surface area (Å²) in [5.74, 6) is -1.90. The first-order valence-corrected chi connectivity index (χ1v) is 14.7. The highest BCUT2D eigenvalue weighted by molar-refractivity contribution is 7.98. The van der Waals surface area contributed by atoms with Crippen molar-refractivity contribution in [3.8, 4) is 39.6 Å². The van der Waals surface area contributed by atoms with Gasteiger partial charge in [-0.05, 0) is 29.8 Å². The molecule has 7 nitrogen and oxygen atoms in total. The second-order valence-electron chi connectivity index (χ2n) is 9.15. The van der Waals surface area contributed by atoms with Gasteiger partial charge in [0.05, 0.1) is 24.4 Å². The molecule has 4 aromatic rings. The largest absolute Gasteiger partial charge is 0.491 e. The molecule has 3 heterocycles. The number of nitriles is 2. The molecule has 0 amide bonds. The van der Waals surface area contributed by atoms with Crippen LogP contribution >= 0.6 is 34.7 Å². The first-order valence-electron chi connectivity index (χ1n) is 12.5. The number of nitrogens with zero attached hydrogens (tertiary/aromatic N) is 5. The third kappa shape index (κ3) is 6.45. The van der Waals surface area contributed by atoms with E-state index in [9.17, 15) is 19.3 Å². The molecule has 0 bridgehead atoms. The summed E-state index contributed by atoms with van der Waals surface area (Å²) in [7, 11) is 0. The number of aromatic nitrogens is 2. The van der Waals surface area contributed by atoms with Crippen molar-refractivity contribution in [1.29, 1.82) is 10.5 Å². The van der Waals surface area contributed by atoms with E-state index in [1.165, 1.54) is 28.0 Å². The summed E-state index contributed by atoms with van der Waals surface area (Å²) in [5, 5.41) is 33.1. The topological polar surface area (TPSA) is 106 Å². The molecule has 5 rings (SSSR count). The second-order valence-corrected chi connectivity index (χ2v) is 11.4. The molecule has 1 aliphatic heterocycles. The Bertz CT molecular complexity index is 1630. The van der Waals surface area contributed by atoms with Gasteiger partial charge in [-0.2, -0.15) is 10.5 Å². The lowest BCUT2D eigenvalue weighted by atomic mass is 9.96. The van der Waals surface area contributed by atoms with Crippen LogP contribution in [0, 0.1) is 22.7 Å². The average molecular weight is 610 g/mol. The van der Waals surface area contributed by atoms with E-state index in [0.717, 1.165) is 16.3 Å². The number of anilines is 1. The standard InChI is InChI=1S/C29H22ClF2N5O2S2/c30-20-5-1-19(2-6-20)27-35-21(15-40-27)16-41-28-24(14-34)25(18-3-7-22(8-4-18)39-12-11-38)23(13-33)26(36-28)37-10-9-29(31,32)17-37/h1-8,15,38H,9-12,16-17H2. The Morgan fingerprint density at radius 3 is 2.39 bits per heavy atom. The van der Waals surface area contributed by atoms with Crippen molar-refractivity contribution in [3.63, 3.8) is 0 Å². The Morgan fingerprint density at radius 1 is 1.05 bits per heavy atom. The van der Waals surface area contributed by atoms with Crippen LogP contribution in [0.15, 0.2) is 58.9 Å². The number of ether oxygens (including phenoxy) is 1. The van der Waals surface area contributed by atoms with Crippen LogP contribution in [-0.4, -0.2) is 47.3 Å². The number of aliphatic hydroxyl groups excluding tert-OH is 1. The smallest absolute Gasteiger partial charge is 0.266 e. The molecule has 0 atom stereocenters. The quantitative estimate of drug-likeness (QED) is 0.207. The van der Waals surface area contributed by atoms with Gasteiger partial charge in [-0.3, -0.25) is 0 Å². The van der Waals surface area contributed by atoms with E-state index >= 15 is 0 Å². The summed E-state index contributed by atoms with van der Waals surface area (Å²) in [6.07, 6.45) is -0.347. The maximum absolute atomic E-state index is 14.2. The Morgan fingerprint density at radius 2 is 1.76 bits per heavy atom. The molecule has 12 heteroatoms. The van der Waals surface area contributed by atoms with E-state index < -0.39 is 12.5 Å². The molecule has 0 spiro atoms. The molecule has 1 aliphatic rings. The van der Waals surface area contributed by atoms with Gasteiger partial charge < -0.3 is 14.7 Å². The summed E-state index contributed by atoms with van der Waals surface area (Å²) in [5.41, 5.74) is 2.80. The molecule has 208 valence electrons. The van der Waals surface area contributed by atoms with Gasteiger partial charge in [0.25, 0.3) is 5.92 Å². The van der Waals surface area contributed by atoms with E-state index in [1.807, 2.05) is 17.5 Å². The predicted molar refractivity (Wildman–Crippen MR) is 156 cm³/mol. The van der Waals surface area contributed by atoms with Crippen LogP contribution in [0.1, 0.15) is 23.2 Å². The summed E-state index contributed by atoms with van der Waals surface area (Å²) < 4.78 is 33.9. The Hall–Kier alpha value is -3.74. The molecule has 1 fully saturated rings. The number of alkyl halides is 2. The average Bonchev–Trinajstić information content (AvgIpc) is 3.60. The third-order valence-corrected chi connectivity index (χ3v) is 8.54. The SMILES string of the molecule is N#Cc1c(SCc2csc(-c3ccc(Cl)cc3)n2)nc(N2CCC(F)(F)C2)c(C#N)c1-c1ccc(OCCO)cc1. The molecule has 2 aromatic heterocycles. The lowest BCUT2D eigenvalue weighted by Crippen LogP contribution is -2.27. The van der Waals surface area contributed by atoms with Crippen LogP contribution < -0.4 is 9.64 Å². The maximum Gasteiger partial charge on any atom is 0.266 e. The second kappa shape index (κ2) is 12.4. The molecular weight excluding hydrogens is 588 g/mol. The van der Waals surface area contributed by atoms with Gasteiger partial charge >= 0.3 is 0 Å². The Kier molecular flexibility index (Phi) is 8.71. The van der Waals surface area contributed by atoms with Crippen molar-refractivity contribution in [2.24, 2.45) is 0 Å². The van der Waals surface area contributed by atoms with Crippen LogP contribution in [-0.2, 0) is 5.75 Å². The highest BCUT2D eigenvalue weighted by Gasteiger charge is 2.40. The number of thiazole rings is 1. The van der Waals surface area contributed by atoms with Crippen LogP contribution in [0.3, 0.4) is 0 Å². The molecule has 41 heavy (non-hydrogen) atoms. The van der Waals surface area contributed by atoms with Crippen molar-refractivity contribution in [2.45, 2.75) is 23.1 Å². The first kappa shape index (κ1) is 28.8. The number of hydrogen-bond donors (Lipinski definition) is 1. The van der Waals surface area contributed by atoms with Crippen LogP contribution in [0.4, 0.5) is 14.6 Å². The zero-order chi connectivity index (χ0) is 29.0. The van der Waals surface area contributed by atoms with E-state index in [-0.39, 0.29) is 43.1 Å². The molecule has 2 aromatic carbocycles. The van der Waals surface area contributed by atoms with Crippen molar-refractivity contribution in [3.05, 3.63) is 75.8 Å². The van der Waals surface area contributed by atoms with Crippen molar-refractivity contribution in [1.82, 2.24) is 9.97 Å². The van der Waals surface area contributed by atoms with Gasteiger partial charge in [-0.15, -0.1) is 11.3 Å². The fourth-order valence-electron chi connectivity index (χ4n) is 4.42. The lowest BCUT2D eigenvalue weighted by Gasteiger charge is -2.22. The van der Waals surface area contributed by atoms with E-state index in [4.69, 9.17) is 26.4 Å². The van der Waals surface area contributed by atoms with Crippen LogP contribution in [0.25, 0.3) is 21.7 Å². The first-order chi connectivity index (χ1) is 19.8. The monoisotopic (exact) mass is 609 g/mol. The zero-order valence-electron chi connectivity index (χ0n) is 21.5. The molecule has 1 saturated heterocycles. The zero-order valence-corrected chi connectivity index (χ0v) is 23.9. The normalized spacial score (nSPS) is 14.0. The maximum atomic E-state index is 14.2. The van der Waals surface area contributed by atoms with Crippen LogP contribution in [0.2, 0.25) is 5.02 Å². The van der Waals surface area contributed by atoms with E-state index in [2.05, 4.69) is 17.1 Å². The third-order valence-electron chi connectivity index (χ3n) is 6.34. The molecule has 1 N–H and O–H groups in total. The summed E-state index contributed by atoms with van der Waals surface area (Å²) in [6, 6.07) is 18.4. The van der Waals surface area contributed by atoms with Gasteiger partial charge in [0.15, 0.2) is 0 Å². The minimum absolute atomic E-state index is 0.0363. The number of thioether (sulfide) groups is 1. The number of rotatable bonds is 9. The molecule has 0 aliphatic carbocycles. The van der Waals surface area contributed by atoms with Crippen molar-refractivity contribution >= 4 is 40.5 Å².